The largest absolute Gasteiger partial charge is 0.355 e. The van der Waals surface area contributed by atoms with Crippen LogP contribution in [-0.2, 0) is 9.59 Å². The van der Waals surface area contributed by atoms with Gasteiger partial charge in [-0.3, -0.25) is 14.5 Å². The molecule has 0 aliphatic carbocycles. The van der Waals surface area contributed by atoms with Gasteiger partial charge >= 0.3 is 0 Å². The molecule has 29 heavy (non-hydrogen) atoms. The number of thioether (sulfide) groups is 1. The Morgan fingerprint density at radius 3 is 2.59 bits per heavy atom. The Balaban J connectivity index is 1.46. The van der Waals surface area contributed by atoms with Crippen LogP contribution in [0, 0.1) is 11.8 Å². The number of rotatable bonds is 7. The summed E-state index contributed by atoms with van der Waals surface area (Å²) in [5, 5.41) is 3.09. The van der Waals surface area contributed by atoms with Gasteiger partial charge < -0.3 is 10.2 Å². The predicted molar refractivity (Wildman–Crippen MR) is 120 cm³/mol. The predicted octanol–water partition coefficient (Wildman–Crippen LogP) is 3.78. The van der Waals surface area contributed by atoms with Crippen molar-refractivity contribution in [3.05, 3.63) is 24.3 Å². The van der Waals surface area contributed by atoms with Crippen LogP contribution in [0.5, 0.6) is 0 Å². The van der Waals surface area contributed by atoms with Crippen molar-refractivity contribution in [1.29, 1.82) is 0 Å². The van der Waals surface area contributed by atoms with Crippen LogP contribution in [0.1, 0.15) is 46.5 Å². The smallest absolute Gasteiger partial charge is 0.227 e. The second-order valence-electron chi connectivity index (χ2n) is 8.70. The molecule has 1 atom stereocenters. The maximum Gasteiger partial charge on any atom is 0.227 e. The molecule has 1 aromatic rings. The number of fused-ring (bicyclic) bond motifs is 1. The lowest BCUT2D eigenvalue weighted by Crippen LogP contribution is -2.49. The van der Waals surface area contributed by atoms with Gasteiger partial charge in [0.25, 0.3) is 0 Å². The first kappa shape index (κ1) is 22.2. The van der Waals surface area contributed by atoms with E-state index < -0.39 is 0 Å². The molecule has 0 saturated carbocycles. The van der Waals surface area contributed by atoms with E-state index in [0.717, 1.165) is 35.3 Å². The number of hydrogen-bond acceptors (Lipinski definition) is 4. The van der Waals surface area contributed by atoms with E-state index in [1.54, 1.807) is 11.8 Å². The molecule has 0 spiro atoms. The third-order valence-corrected chi connectivity index (χ3v) is 7.20. The van der Waals surface area contributed by atoms with E-state index in [-0.39, 0.29) is 24.7 Å². The highest BCUT2D eigenvalue weighted by atomic mass is 32.2. The van der Waals surface area contributed by atoms with Crippen LogP contribution in [0.15, 0.2) is 29.2 Å². The molecule has 0 bridgehead atoms. The number of nitrogens with one attached hydrogen (secondary N) is 1. The Labute approximate surface area is 179 Å². The van der Waals surface area contributed by atoms with E-state index in [2.05, 4.69) is 37.1 Å². The minimum atomic E-state index is -0.0194. The number of para-hydroxylation sites is 1. The molecule has 2 amide bonds. The Hall–Kier alpha value is -1.53. The van der Waals surface area contributed by atoms with Crippen LogP contribution in [0.25, 0.3) is 0 Å². The van der Waals surface area contributed by atoms with E-state index in [4.69, 9.17) is 0 Å². The zero-order valence-electron chi connectivity index (χ0n) is 18.0. The summed E-state index contributed by atoms with van der Waals surface area (Å²) in [6.07, 6.45) is 2.99. The van der Waals surface area contributed by atoms with Crippen LogP contribution in [0.3, 0.4) is 0 Å². The summed E-state index contributed by atoms with van der Waals surface area (Å²) < 4.78 is 0. The van der Waals surface area contributed by atoms with Crippen molar-refractivity contribution >= 4 is 29.3 Å². The van der Waals surface area contributed by atoms with Gasteiger partial charge in [0, 0.05) is 42.6 Å². The molecular formula is C23H35N3O2S. The third-order valence-electron chi connectivity index (χ3n) is 6.16. The third kappa shape index (κ3) is 5.98. The summed E-state index contributed by atoms with van der Waals surface area (Å²) in [5.41, 5.74) is 0.980. The van der Waals surface area contributed by atoms with Crippen molar-refractivity contribution in [2.45, 2.75) is 57.4 Å². The van der Waals surface area contributed by atoms with E-state index in [1.807, 2.05) is 23.1 Å². The SMILES string of the molecule is CC1CCN(C(CNC(=O)CCC(=O)N2CCSc3ccccc32)C(C)C)CC1. The molecule has 160 valence electrons. The molecule has 2 heterocycles. The van der Waals surface area contributed by atoms with Gasteiger partial charge in [-0.2, -0.15) is 0 Å². The molecule has 2 aliphatic heterocycles. The fraction of sp³-hybridized carbons (Fsp3) is 0.652. The van der Waals surface area contributed by atoms with Gasteiger partial charge in [-0.25, -0.2) is 0 Å². The topological polar surface area (TPSA) is 52.7 Å². The van der Waals surface area contributed by atoms with Crippen molar-refractivity contribution in [2.75, 3.05) is 36.8 Å². The van der Waals surface area contributed by atoms with E-state index >= 15 is 0 Å². The van der Waals surface area contributed by atoms with Crippen molar-refractivity contribution in [2.24, 2.45) is 11.8 Å². The first-order valence-electron chi connectivity index (χ1n) is 11.0. The molecule has 5 nitrogen and oxygen atoms in total. The average Bonchev–Trinajstić information content (AvgIpc) is 2.72. The summed E-state index contributed by atoms with van der Waals surface area (Å²) >= 11 is 1.78. The molecule has 1 N–H and O–H groups in total. The second kappa shape index (κ2) is 10.5. The number of carbonyl (C=O) groups is 2. The molecule has 1 unspecified atom stereocenters. The minimum Gasteiger partial charge on any atom is -0.355 e. The van der Waals surface area contributed by atoms with E-state index in [1.165, 1.54) is 12.8 Å². The van der Waals surface area contributed by atoms with Gasteiger partial charge in [-0.1, -0.05) is 32.9 Å². The highest BCUT2D eigenvalue weighted by Gasteiger charge is 2.26. The normalized spacial score (nSPS) is 19.1. The number of hydrogen-bond donors (Lipinski definition) is 1. The minimum absolute atomic E-state index is 0.0194. The van der Waals surface area contributed by atoms with Crippen molar-refractivity contribution in [3.8, 4) is 0 Å². The fourth-order valence-electron chi connectivity index (χ4n) is 4.24. The lowest BCUT2D eigenvalue weighted by molar-refractivity contribution is -0.125. The van der Waals surface area contributed by atoms with Crippen molar-refractivity contribution < 1.29 is 9.59 Å². The summed E-state index contributed by atoms with van der Waals surface area (Å²) in [5.74, 6) is 2.22. The summed E-state index contributed by atoms with van der Waals surface area (Å²) in [6.45, 7) is 10.4. The number of anilines is 1. The van der Waals surface area contributed by atoms with Gasteiger partial charge in [-0.05, 0) is 49.9 Å². The number of amides is 2. The van der Waals surface area contributed by atoms with Crippen LogP contribution in [0.2, 0.25) is 0 Å². The molecule has 2 aliphatic rings. The molecular weight excluding hydrogens is 382 g/mol. The lowest BCUT2D eigenvalue weighted by atomic mass is 9.94. The molecule has 1 aromatic carbocycles. The fourth-order valence-corrected chi connectivity index (χ4v) is 5.23. The van der Waals surface area contributed by atoms with Gasteiger partial charge in [0.05, 0.1) is 5.69 Å². The summed E-state index contributed by atoms with van der Waals surface area (Å²) in [6, 6.07) is 8.38. The zero-order chi connectivity index (χ0) is 20.8. The maximum absolute atomic E-state index is 12.7. The van der Waals surface area contributed by atoms with Gasteiger partial charge in [-0.15, -0.1) is 11.8 Å². The molecule has 1 saturated heterocycles. The number of carbonyl (C=O) groups excluding carboxylic acids is 2. The number of benzene rings is 1. The highest BCUT2D eigenvalue weighted by molar-refractivity contribution is 7.99. The lowest BCUT2D eigenvalue weighted by Gasteiger charge is -2.39. The first-order valence-corrected chi connectivity index (χ1v) is 12.0. The Bertz CT molecular complexity index is 701. The average molecular weight is 418 g/mol. The Kier molecular flexibility index (Phi) is 8.01. The van der Waals surface area contributed by atoms with Gasteiger partial charge in [0.15, 0.2) is 0 Å². The monoisotopic (exact) mass is 417 g/mol. The first-order chi connectivity index (χ1) is 14.0. The van der Waals surface area contributed by atoms with Crippen LogP contribution < -0.4 is 10.2 Å². The summed E-state index contributed by atoms with van der Waals surface area (Å²) in [7, 11) is 0. The second-order valence-corrected chi connectivity index (χ2v) is 9.83. The quantitative estimate of drug-likeness (QED) is 0.734. The van der Waals surface area contributed by atoms with Crippen LogP contribution in [0.4, 0.5) is 5.69 Å². The molecule has 6 heteroatoms. The number of likely N-dealkylation sites (tertiary alicyclic amines) is 1. The van der Waals surface area contributed by atoms with E-state index in [0.29, 0.717) is 25.0 Å². The maximum atomic E-state index is 12.7. The summed E-state index contributed by atoms with van der Waals surface area (Å²) in [4.78, 5) is 30.7. The number of piperidine rings is 1. The van der Waals surface area contributed by atoms with E-state index in [9.17, 15) is 9.59 Å². The number of nitrogens with zero attached hydrogens (tertiary/aromatic N) is 2. The molecule has 1 fully saturated rings. The highest BCUT2D eigenvalue weighted by Crippen LogP contribution is 2.34. The molecule has 3 rings (SSSR count). The Morgan fingerprint density at radius 1 is 1.14 bits per heavy atom. The van der Waals surface area contributed by atoms with Crippen molar-refractivity contribution in [1.82, 2.24) is 10.2 Å². The standard InChI is InChI=1S/C23H35N3O2S/c1-17(2)20(25-12-10-18(3)11-13-25)16-24-22(27)8-9-23(28)26-14-15-29-21-7-5-4-6-19(21)26/h4-7,17-18,20H,8-16H2,1-3H3,(H,24,27). The van der Waals surface area contributed by atoms with Gasteiger partial charge in [0.1, 0.15) is 0 Å². The molecule has 0 radical (unpaired) electrons. The molecule has 0 aromatic heterocycles. The zero-order valence-corrected chi connectivity index (χ0v) is 18.8. The Morgan fingerprint density at radius 2 is 1.86 bits per heavy atom. The van der Waals surface area contributed by atoms with Gasteiger partial charge in [0.2, 0.25) is 11.8 Å². The van der Waals surface area contributed by atoms with Crippen molar-refractivity contribution in [3.63, 3.8) is 0 Å². The van der Waals surface area contributed by atoms with Crippen LogP contribution in [-0.4, -0.2) is 54.7 Å². The van der Waals surface area contributed by atoms with Crippen LogP contribution >= 0.6 is 11.8 Å².